The average molecular weight is 348 g/mol. The van der Waals surface area contributed by atoms with E-state index in [0.717, 1.165) is 21.5 Å². The Labute approximate surface area is 144 Å². The first-order valence-corrected chi connectivity index (χ1v) is 9.52. The zero-order valence-corrected chi connectivity index (χ0v) is 14.6. The van der Waals surface area contributed by atoms with Gasteiger partial charge in [0.15, 0.2) is 4.34 Å². The van der Waals surface area contributed by atoms with Gasteiger partial charge in [-0.3, -0.25) is 4.79 Å². The summed E-state index contributed by atoms with van der Waals surface area (Å²) in [6.07, 6.45) is 3.18. The van der Waals surface area contributed by atoms with E-state index >= 15 is 0 Å². The van der Waals surface area contributed by atoms with E-state index in [1.165, 1.54) is 35.9 Å². The molecule has 1 amide bonds. The van der Waals surface area contributed by atoms with Gasteiger partial charge in [-0.2, -0.15) is 0 Å². The number of hydrogen-bond acceptors (Lipinski definition) is 6. The van der Waals surface area contributed by atoms with Crippen molar-refractivity contribution >= 4 is 34.1 Å². The maximum Gasteiger partial charge on any atom is 0.233 e. The molecule has 1 aromatic heterocycles. The van der Waals surface area contributed by atoms with Gasteiger partial charge in [-0.05, 0) is 24.8 Å². The quantitative estimate of drug-likeness (QED) is 0.717. The highest BCUT2D eigenvalue weighted by Gasteiger charge is 2.24. The van der Waals surface area contributed by atoms with Crippen LogP contribution < -0.4 is 10.6 Å². The number of benzene rings is 1. The van der Waals surface area contributed by atoms with Crippen LogP contribution in [0.3, 0.4) is 0 Å². The molecule has 0 radical (unpaired) electrons. The minimum absolute atomic E-state index is 0.0493. The number of thioether (sulfide) groups is 1. The molecule has 1 unspecified atom stereocenters. The number of nitrogens with zero attached hydrogens (tertiary/aromatic N) is 2. The molecule has 1 aliphatic rings. The fourth-order valence-corrected chi connectivity index (χ4v) is 4.08. The molecular formula is C16H20N4OS2. The Bertz CT molecular complexity index is 643. The predicted molar refractivity (Wildman–Crippen MR) is 94.8 cm³/mol. The molecule has 0 aliphatic heterocycles. The van der Waals surface area contributed by atoms with E-state index in [4.69, 9.17) is 0 Å². The first kappa shape index (κ1) is 16.3. The van der Waals surface area contributed by atoms with Gasteiger partial charge >= 0.3 is 0 Å². The maximum absolute atomic E-state index is 12.4. The van der Waals surface area contributed by atoms with Gasteiger partial charge in [-0.1, -0.05) is 60.4 Å². The molecule has 2 N–H and O–H groups in total. The van der Waals surface area contributed by atoms with Gasteiger partial charge in [-0.15, -0.1) is 10.2 Å². The first-order valence-electron chi connectivity index (χ1n) is 7.83. The highest BCUT2D eigenvalue weighted by atomic mass is 32.2. The molecular weight excluding hydrogens is 328 g/mol. The molecule has 122 valence electrons. The lowest BCUT2D eigenvalue weighted by Crippen LogP contribution is -2.31. The summed E-state index contributed by atoms with van der Waals surface area (Å²) in [7, 11) is 0. The molecule has 0 bridgehead atoms. The van der Waals surface area contributed by atoms with Crippen LogP contribution in [0.25, 0.3) is 0 Å². The molecule has 1 saturated carbocycles. The van der Waals surface area contributed by atoms with Crippen LogP contribution in [0.1, 0.15) is 31.7 Å². The van der Waals surface area contributed by atoms with Crippen molar-refractivity contribution in [2.24, 2.45) is 0 Å². The number of anilines is 1. The van der Waals surface area contributed by atoms with Crippen molar-refractivity contribution in [1.29, 1.82) is 0 Å². The minimum Gasteiger partial charge on any atom is -0.357 e. The highest BCUT2D eigenvalue weighted by molar-refractivity contribution is 8.02. The van der Waals surface area contributed by atoms with E-state index in [-0.39, 0.29) is 11.2 Å². The number of rotatable bonds is 8. The lowest BCUT2D eigenvalue weighted by atomic mass is 10.2. The summed E-state index contributed by atoms with van der Waals surface area (Å²) in [6.45, 7) is 2.57. The fourth-order valence-electron chi connectivity index (χ4n) is 2.06. The fraction of sp³-hybridized carbons (Fsp3) is 0.438. The van der Waals surface area contributed by atoms with Gasteiger partial charge in [0, 0.05) is 12.6 Å². The Hall–Kier alpha value is -1.60. The van der Waals surface area contributed by atoms with E-state index in [0.29, 0.717) is 12.6 Å². The van der Waals surface area contributed by atoms with E-state index < -0.39 is 0 Å². The van der Waals surface area contributed by atoms with E-state index in [1.54, 1.807) is 0 Å². The summed E-state index contributed by atoms with van der Waals surface area (Å²) in [5.41, 5.74) is 1.10. The number of hydrogen-bond donors (Lipinski definition) is 2. The zero-order chi connectivity index (χ0) is 16.1. The normalized spacial score (nSPS) is 15.2. The second-order valence-electron chi connectivity index (χ2n) is 5.51. The van der Waals surface area contributed by atoms with Crippen LogP contribution in [0.5, 0.6) is 0 Å². The molecule has 0 saturated heterocycles. The summed E-state index contributed by atoms with van der Waals surface area (Å²) in [6, 6.07) is 10.5. The lowest BCUT2D eigenvalue weighted by molar-refractivity contribution is -0.120. The number of amides is 1. The molecule has 1 aliphatic carbocycles. The SMILES string of the molecule is CCC(Sc1nnc(NC2CC2)s1)C(=O)NCc1ccccc1. The third kappa shape index (κ3) is 4.94. The van der Waals surface area contributed by atoms with Crippen LogP contribution >= 0.6 is 23.1 Å². The molecule has 23 heavy (non-hydrogen) atoms. The Morgan fingerprint density at radius 2 is 2.13 bits per heavy atom. The molecule has 5 nitrogen and oxygen atoms in total. The van der Waals surface area contributed by atoms with Gasteiger partial charge in [0.05, 0.1) is 5.25 Å². The van der Waals surface area contributed by atoms with E-state index in [1.807, 2.05) is 37.3 Å². The molecule has 3 rings (SSSR count). The van der Waals surface area contributed by atoms with Gasteiger partial charge in [0.1, 0.15) is 0 Å². The second kappa shape index (κ2) is 7.79. The number of aromatic nitrogens is 2. The Balaban J connectivity index is 1.51. The van der Waals surface area contributed by atoms with Gasteiger partial charge in [-0.25, -0.2) is 0 Å². The summed E-state index contributed by atoms with van der Waals surface area (Å²) >= 11 is 3.02. The summed E-state index contributed by atoms with van der Waals surface area (Å²) < 4.78 is 0.842. The van der Waals surface area contributed by atoms with Gasteiger partial charge in [0.25, 0.3) is 0 Å². The monoisotopic (exact) mass is 348 g/mol. The Morgan fingerprint density at radius 3 is 2.83 bits per heavy atom. The lowest BCUT2D eigenvalue weighted by Gasteiger charge is -2.13. The summed E-state index contributed by atoms with van der Waals surface area (Å²) in [5, 5.41) is 15.4. The van der Waals surface area contributed by atoms with Crippen LogP contribution in [0.15, 0.2) is 34.7 Å². The smallest absolute Gasteiger partial charge is 0.233 e. The van der Waals surface area contributed by atoms with Crippen LogP contribution in [0, 0.1) is 0 Å². The van der Waals surface area contributed by atoms with Crippen molar-refractivity contribution in [3.8, 4) is 0 Å². The molecule has 2 aromatic rings. The molecule has 7 heteroatoms. The third-order valence-corrected chi connectivity index (χ3v) is 5.83. The van der Waals surface area contributed by atoms with Crippen molar-refractivity contribution in [2.45, 2.75) is 48.4 Å². The topological polar surface area (TPSA) is 66.9 Å². The first-order chi connectivity index (χ1) is 11.2. The minimum atomic E-state index is -0.138. The summed E-state index contributed by atoms with van der Waals surface area (Å²) in [5.74, 6) is 0.0493. The zero-order valence-electron chi connectivity index (χ0n) is 13.0. The Morgan fingerprint density at radius 1 is 1.35 bits per heavy atom. The molecule has 0 spiro atoms. The van der Waals surface area contributed by atoms with Gasteiger partial charge in [0.2, 0.25) is 11.0 Å². The summed E-state index contributed by atoms with van der Waals surface area (Å²) in [4.78, 5) is 12.4. The van der Waals surface area contributed by atoms with Crippen LogP contribution in [0.2, 0.25) is 0 Å². The van der Waals surface area contributed by atoms with Crippen LogP contribution in [-0.4, -0.2) is 27.4 Å². The predicted octanol–water partition coefficient (Wildman–Crippen LogP) is 3.30. The van der Waals surface area contributed by atoms with E-state index in [9.17, 15) is 4.79 Å². The van der Waals surface area contributed by atoms with Crippen molar-refractivity contribution in [3.63, 3.8) is 0 Å². The van der Waals surface area contributed by atoms with Crippen molar-refractivity contribution in [1.82, 2.24) is 15.5 Å². The standard InChI is InChI=1S/C16H20N4OS2/c1-2-13(14(21)17-10-11-6-4-3-5-7-11)22-16-20-19-15(23-16)18-12-8-9-12/h3-7,12-13H,2,8-10H2,1H3,(H,17,21)(H,18,19). The molecule has 1 fully saturated rings. The molecule has 1 atom stereocenters. The maximum atomic E-state index is 12.4. The largest absolute Gasteiger partial charge is 0.357 e. The van der Waals surface area contributed by atoms with Crippen molar-refractivity contribution in [2.75, 3.05) is 5.32 Å². The molecule has 1 aromatic carbocycles. The molecule has 1 heterocycles. The number of carbonyl (C=O) groups excluding carboxylic acids is 1. The highest BCUT2D eigenvalue weighted by Crippen LogP contribution is 2.33. The van der Waals surface area contributed by atoms with E-state index in [2.05, 4.69) is 20.8 Å². The van der Waals surface area contributed by atoms with Crippen LogP contribution in [0.4, 0.5) is 5.13 Å². The number of nitrogens with one attached hydrogen (secondary N) is 2. The van der Waals surface area contributed by atoms with Gasteiger partial charge < -0.3 is 10.6 Å². The van der Waals surface area contributed by atoms with Crippen LogP contribution in [-0.2, 0) is 11.3 Å². The second-order valence-corrected chi connectivity index (χ2v) is 7.94. The average Bonchev–Trinajstić information content (AvgIpc) is 3.28. The van der Waals surface area contributed by atoms with Crippen molar-refractivity contribution in [3.05, 3.63) is 35.9 Å². The third-order valence-electron chi connectivity index (χ3n) is 3.53. The Kier molecular flexibility index (Phi) is 5.51. The van der Waals surface area contributed by atoms with Crippen molar-refractivity contribution < 1.29 is 4.79 Å². The number of carbonyl (C=O) groups is 1.